The van der Waals surface area contributed by atoms with Gasteiger partial charge in [0, 0.05) is 25.7 Å². The number of carbonyl (C=O) groups excluding carboxylic acids is 1. The van der Waals surface area contributed by atoms with Gasteiger partial charge in [-0.2, -0.15) is 33.8 Å². The second-order valence-corrected chi connectivity index (χ2v) is 7.45. The Morgan fingerprint density at radius 1 is 1.35 bits per heavy atom. The number of carbonyl (C=O) groups is 1. The number of nitriles is 1. The highest BCUT2D eigenvalue weighted by Crippen LogP contribution is 2.29. The normalized spacial score (nSPS) is 15.5. The second-order valence-electron chi connectivity index (χ2n) is 7.04. The fourth-order valence-electron chi connectivity index (χ4n) is 3.28. The topological polar surface area (TPSA) is 107 Å². The van der Waals surface area contributed by atoms with Gasteiger partial charge in [-0.15, -0.1) is 0 Å². The molecule has 8 nitrogen and oxygen atoms in total. The van der Waals surface area contributed by atoms with Crippen LogP contribution < -0.4 is 10.1 Å². The maximum absolute atomic E-state index is 12.8. The minimum Gasteiger partial charge on any atom is -0.490 e. The minimum absolute atomic E-state index is 0.0351. The van der Waals surface area contributed by atoms with E-state index in [1.54, 1.807) is 18.2 Å². The molecule has 1 amide bonds. The molecule has 0 aliphatic carbocycles. The fraction of sp³-hybridized carbons (Fsp3) is 0.474. The number of aromatic amines is 1. The van der Waals surface area contributed by atoms with Crippen LogP contribution in [0.3, 0.4) is 0 Å². The van der Waals surface area contributed by atoms with Crippen molar-refractivity contribution in [1.29, 1.82) is 5.26 Å². The molecule has 2 aromatic rings. The van der Waals surface area contributed by atoms with E-state index in [-0.39, 0.29) is 12.6 Å². The lowest BCUT2D eigenvalue weighted by molar-refractivity contribution is -0.141. The molecule has 31 heavy (non-hydrogen) atoms. The highest BCUT2D eigenvalue weighted by molar-refractivity contribution is 6.31. The number of likely N-dealkylation sites (tertiary alicyclic amines) is 1. The first-order chi connectivity index (χ1) is 14.8. The van der Waals surface area contributed by atoms with Crippen molar-refractivity contribution in [3.63, 3.8) is 0 Å². The molecule has 1 fully saturated rings. The SMILES string of the molecule is N#Cc1ccc(OC2CCN(CCCNC(=O)c3n[nH]nc3C(F)(F)F)CC2)cc1Cl. The molecule has 1 aliphatic rings. The quantitative estimate of drug-likeness (QED) is 0.620. The first kappa shape index (κ1) is 22.8. The van der Waals surface area contributed by atoms with Gasteiger partial charge in [-0.25, -0.2) is 0 Å². The molecule has 0 spiro atoms. The van der Waals surface area contributed by atoms with E-state index in [2.05, 4.69) is 20.4 Å². The van der Waals surface area contributed by atoms with Crippen molar-refractivity contribution in [2.75, 3.05) is 26.2 Å². The summed E-state index contributed by atoms with van der Waals surface area (Å²) in [4.78, 5) is 14.1. The van der Waals surface area contributed by atoms with E-state index >= 15 is 0 Å². The summed E-state index contributed by atoms with van der Waals surface area (Å²) >= 11 is 6.02. The van der Waals surface area contributed by atoms with E-state index in [1.807, 2.05) is 11.3 Å². The number of H-pyrrole nitrogens is 1. The number of rotatable bonds is 7. The third-order valence-corrected chi connectivity index (χ3v) is 5.18. The van der Waals surface area contributed by atoms with Gasteiger partial charge < -0.3 is 15.0 Å². The van der Waals surface area contributed by atoms with Crippen LogP contribution in [-0.2, 0) is 6.18 Å². The molecule has 166 valence electrons. The Labute approximate surface area is 181 Å². The molecule has 0 unspecified atom stereocenters. The van der Waals surface area contributed by atoms with Crippen LogP contribution in [-0.4, -0.2) is 58.5 Å². The zero-order chi connectivity index (χ0) is 22.4. The highest BCUT2D eigenvalue weighted by Gasteiger charge is 2.39. The summed E-state index contributed by atoms with van der Waals surface area (Å²) in [5, 5.41) is 19.8. The van der Waals surface area contributed by atoms with Crippen molar-refractivity contribution in [3.05, 3.63) is 40.2 Å². The molecule has 1 aliphatic heterocycles. The van der Waals surface area contributed by atoms with E-state index in [0.29, 0.717) is 29.3 Å². The molecule has 1 aromatic carbocycles. The monoisotopic (exact) mass is 456 g/mol. The molecule has 2 N–H and O–H groups in total. The number of benzene rings is 1. The lowest BCUT2D eigenvalue weighted by Gasteiger charge is -2.32. The van der Waals surface area contributed by atoms with Gasteiger partial charge in [-0.1, -0.05) is 11.6 Å². The predicted octanol–water partition coefficient (Wildman–Crippen LogP) is 3.01. The van der Waals surface area contributed by atoms with Gasteiger partial charge in [0.2, 0.25) is 0 Å². The standard InChI is InChI=1S/C19H20ClF3N6O2/c20-15-10-14(3-2-12(15)11-24)31-13-4-8-29(9-5-13)7-1-6-25-18(30)16-17(19(21,22)23)27-28-26-16/h2-3,10,13H,1,4-9H2,(H,25,30)(H,26,27,28). The van der Waals surface area contributed by atoms with E-state index in [4.69, 9.17) is 21.6 Å². The number of ether oxygens (including phenoxy) is 1. The molecular weight excluding hydrogens is 437 g/mol. The van der Waals surface area contributed by atoms with Crippen molar-refractivity contribution >= 4 is 17.5 Å². The first-order valence-corrected chi connectivity index (χ1v) is 10.0. The van der Waals surface area contributed by atoms with E-state index < -0.39 is 23.5 Å². The zero-order valence-electron chi connectivity index (χ0n) is 16.4. The van der Waals surface area contributed by atoms with Crippen molar-refractivity contribution in [3.8, 4) is 11.8 Å². The number of alkyl halides is 3. The van der Waals surface area contributed by atoms with E-state index in [1.165, 1.54) is 0 Å². The zero-order valence-corrected chi connectivity index (χ0v) is 17.1. The van der Waals surface area contributed by atoms with Crippen LogP contribution in [0.2, 0.25) is 5.02 Å². The molecule has 0 atom stereocenters. The smallest absolute Gasteiger partial charge is 0.437 e. The van der Waals surface area contributed by atoms with E-state index in [0.717, 1.165) is 25.9 Å². The lowest BCUT2D eigenvalue weighted by Crippen LogP contribution is -2.39. The van der Waals surface area contributed by atoms with Gasteiger partial charge in [0.25, 0.3) is 5.91 Å². The summed E-state index contributed by atoms with van der Waals surface area (Å²) in [7, 11) is 0. The van der Waals surface area contributed by atoms with E-state index in [9.17, 15) is 18.0 Å². The number of halogens is 4. The second kappa shape index (κ2) is 9.98. The molecule has 0 radical (unpaired) electrons. The van der Waals surface area contributed by atoms with Gasteiger partial charge >= 0.3 is 6.18 Å². The van der Waals surface area contributed by atoms with Crippen molar-refractivity contribution in [2.45, 2.75) is 31.5 Å². The first-order valence-electron chi connectivity index (χ1n) is 9.62. The number of aromatic nitrogens is 3. The Morgan fingerprint density at radius 3 is 2.74 bits per heavy atom. The molecule has 1 aromatic heterocycles. The number of amides is 1. The number of piperidine rings is 1. The maximum Gasteiger partial charge on any atom is 0.437 e. The third-order valence-electron chi connectivity index (χ3n) is 4.87. The average Bonchev–Trinajstić information content (AvgIpc) is 3.23. The molecular formula is C19H20ClF3N6O2. The molecule has 1 saturated heterocycles. The summed E-state index contributed by atoms with van der Waals surface area (Å²) in [6.45, 7) is 2.51. The predicted molar refractivity (Wildman–Crippen MR) is 105 cm³/mol. The van der Waals surface area contributed by atoms with Crippen LogP contribution in [0.15, 0.2) is 18.2 Å². The average molecular weight is 457 g/mol. The maximum atomic E-state index is 12.8. The largest absolute Gasteiger partial charge is 0.490 e. The summed E-state index contributed by atoms with van der Waals surface area (Å²) in [5.74, 6) is -0.287. The Kier molecular flexibility index (Phi) is 7.35. The molecule has 3 rings (SSSR count). The van der Waals surface area contributed by atoms with Crippen molar-refractivity contribution < 1.29 is 22.7 Å². The van der Waals surface area contributed by atoms with Gasteiger partial charge in [-0.3, -0.25) is 4.79 Å². The summed E-state index contributed by atoms with van der Waals surface area (Å²) < 4.78 is 44.2. The minimum atomic E-state index is -4.74. The molecule has 2 heterocycles. The Morgan fingerprint density at radius 2 is 2.10 bits per heavy atom. The van der Waals surface area contributed by atoms with Crippen LogP contribution in [0.5, 0.6) is 5.75 Å². The summed E-state index contributed by atoms with van der Waals surface area (Å²) in [5.41, 5.74) is -1.68. The Bertz CT molecular complexity index is 951. The Hall–Kier alpha value is -2.84. The highest BCUT2D eigenvalue weighted by atomic mass is 35.5. The lowest BCUT2D eigenvalue weighted by atomic mass is 10.1. The number of nitrogens with one attached hydrogen (secondary N) is 2. The molecule has 0 bridgehead atoms. The molecule has 12 heteroatoms. The van der Waals surface area contributed by atoms with Crippen LogP contribution in [0.25, 0.3) is 0 Å². The summed E-state index contributed by atoms with van der Waals surface area (Å²) in [6, 6.07) is 6.98. The van der Waals surface area contributed by atoms with Crippen LogP contribution >= 0.6 is 11.6 Å². The third kappa shape index (κ3) is 6.08. The number of nitrogens with zero attached hydrogens (tertiary/aromatic N) is 4. The van der Waals surface area contributed by atoms with Crippen LogP contribution in [0, 0.1) is 11.3 Å². The van der Waals surface area contributed by atoms with Gasteiger partial charge in [0.05, 0.1) is 10.6 Å². The fourth-order valence-corrected chi connectivity index (χ4v) is 3.49. The van der Waals surface area contributed by atoms with Gasteiger partial charge in [-0.05, 0) is 37.9 Å². The van der Waals surface area contributed by atoms with Crippen molar-refractivity contribution in [1.82, 2.24) is 25.6 Å². The summed E-state index contributed by atoms with van der Waals surface area (Å²) in [6.07, 6.45) is -2.51. The van der Waals surface area contributed by atoms with Crippen LogP contribution in [0.4, 0.5) is 13.2 Å². The van der Waals surface area contributed by atoms with Crippen LogP contribution in [0.1, 0.15) is 41.0 Å². The number of hydrogen-bond donors (Lipinski definition) is 2. The van der Waals surface area contributed by atoms with Gasteiger partial charge in [0.1, 0.15) is 17.9 Å². The van der Waals surface area contributed by atoms with Crippen molar-refractivity contribution in [2.24, 2.45) is 0 Å². The van der Waals surface area contributed by atoms with Gasteiger partial charge in [0.15, 0.2) is 11.4 Å². The molecule has 0 saturated carbocycles. The Balaban J connectivity index is 1.36. The number of hydrogen-bond acceptors (Lipinski definition) is 6.